The standard InChI is InChI=1S/C9H14ClNO3/c1-14-4-2-3-11-6-7(9(10)13)5-8(11)12/h7H,2-6H2,1H3. The van der Waals surface area contributed by atoms with Crippen LogP contribution in [0.5, 0.6) is 0 Å². The first-order valence-corrected chi connectivity index (χ1v) is 4.99. The summed E-state index contributed by atoms with van der Waals surface area (Å²) in [4.78, 5) is 23.9. The largest absolute Gasteiger partial charge is 0.385 e. The lowest BCUT2D eigenvalue weighted by molar-refractivity contribution is -0.128. The van der Waals surface area contributed by atoms with Crippen molar-refractivity contribution in [2.24, 2.45) is 5.92 Å². The number of amides is 1. The quantitative estimate of drug-likeness (QED) is 0.504. The van der Waals surface area contributed by atoms with Crippen LogP contribution >= 0.6 is 11.6 Å². The van der Waals surface area contributed by atoms with Gasteiger partial charge in [-0.05, 0) is 18.0 Å². The minimum Gasteiger partial charge on any atom is -0.385 e. The third-order valence-electron chi connectivity index (χ3n) is 2.31. The van der Waals surface area contributed by atoms with Crippen molar-refractivity contribution < 1.29 is 14.3 Å². The van der Waals surface area contributed by atoms with Crippen molar-refractivity contribution in [2.45, 2.75) is 12.8 Å². The van der Waals surface area contributed by atoms with Gasteiger partial charge in [0, 0.05) is 33.2 Å². The zero-order valence-electron chi connectivity index (χ0n) is 8.16. The number of likely N-dealkylation sites (tertiary alicyclic amines) is 1. The summed E-state index contributed by atoms with van der Waals surface area (Å²) in [6.07, 6.45) is 1.06. The summed E-state index contributed by atoms with van der Waals surface area (Å²) in [5.41, 5.74) is 0. The van der Waals surface area contributed by atoms with Crippen molar-refractivity contribution in [3.63, 3.8) is 0 Å². The molecule has 1 heterocycles. The van der Waals surface area contributed by atoms with Gasteiger partial charge in [0.15, 0.2) is 0 Å². The zero-order chi connectivity index (χ0) is 10.6. The Hall–Kier alpha value is -0.610. The molecule has 14 heavy (non-hydrogen) atoms. The summed E-state index contributed by atoms with van der Waals surface area (Å²) >= 11 is 5.33. The first-order chi connectivity index (χ1) is 6.65. The molecule has 0 bridgehead atoms. The van der Waals surface area contributed by atoms with E-state index in [1.54, 1.807) is 12.0 Å². The maximum atomic E-state index is 11.4. The highest BCUT2D eigenvalue weighted by atomic mass is 35.5. The predicted octanol–water partition coefficient (Wildman–Crippen LogP) is 0.637. The Balaban J connectivity index is 2.33. The van der Waals surface area contributed by atoms with Gasteiger partial charge in [-0.3, -0.25) is 9.59 Å². The normalized spacial score (nSPS) is 21.7. The number of carbonyl (C=O) groups excluding carboxylic acids is 2. The molecule has 4 nitrogen and oxygen atoms in total. The second kappa shape index (κ2) is 5.32. The highest BCUT2D eigenvalue weighted by Gasteiger charge is 2.32. The molecule has 0 saturated carbocycles. The van der Waals surface area contributed by atoms with E-state index in [4.69, 9.17) is 16.3 Å². The van der Waals surface area contributed by atoms with E-state index in [-0.39, 0.29) is 18.2 Å². The summed E-state index contributed by atoms with van der Waals surface area (Å²) in [6, 6.07) is 0. The minimum absolute atomic E-state index is 0.0140. The van der Waals surface area contributed by atoms with Gasteiger partial charge >= 0.3 is 0 Å². The average molecular weight is 220 g/mol. The van der Waals surface area contributed by atoms with Crippen LogP contribution in [0.15, 0.2) is 0 Å². The molecule has 0 radical (unpaired) electrons. The molecule has 1 aliphatic rings. The van der Waals surface area contributed by atoms with Gasteiger partial charge in [0.2, 0.25) is 11.1 Å². The summed E-state index contributed by atoms with van der Waals surface area (Å²) in [6.45, 7) is 1.74. The lowest BCUT2D eigenvalue weighted by atomic mass is 10.1. The number of carbonyl (C=O) groups is 2. The third kappa shape index (κ3) is 2.96. The van der Waals surface area contributed by atoms with E-state index in [1.807, 2.05) is 0 Å². The molecule has 80 valence electrons. The lowest BCUT2D eigenvalue weighted by Gasteiger charge is -2.15. The number of ether oxygens (including phenoxy) is 1. The first-order valence-electron chi connectivity index (χ1n) is 4.61. The van der Waals surface area contributed by atoms with Gasteiger partial charge in [-0.25, -0.2) is 0 Å². The first kappa shape index (κ1) is 11.5. The van der Waals surface area contributed by atoms with Gasteiger partial charge in [-0.2, -0.15) is 0 Å². The molecule has 0 aromatic rings. The molecular formula is C9H14ClNO3. The highest BCUT2D eigenvalue weighted by Crippen LogP contribution is 2.19. The minimum atomic E-state index is -0.410. The fourth-order valence-electron chi connectivity index (χ4n) is 1.54. The van der Waals surface area contributed by atoms with E-state index in [1.165, 1.54) is 0 Å². The number of halogens is 1. The Kier molecular flexibility index (Phi) is 4.35. The SMILES string of the molecule is COCCCN1CC(C(=O)Cl)CC1=O. The Morgan fingerprint density at radius 3 is 2.93 bits per heavy atom. The second-order valence-electron chi connectivity index (χ2n) is 3.39. The van der Waals surface area contributed by atoms with E-state index >= 15 is 0 Å². The average Bonchev–Trinajstić information content (AvgIpc) is 2.49. The van der Waals surface area contributed by atoms with Gasteiger partial charge in [0.1, 0.15) is 0 Å². The number of hydrogen-bond donors (Lipinski definition) is 0. The smallest absolute Gasteiger partial charge is 0.227 e. The van der Waals surface area contributed by atoms with E-state index in [0.717, 1.165) is 6.42 Å². The Morgan fingerprint density at radius 1 is 1.71 bits per heavy atom. The van der Waals surface area contributed by atoms with Crippen molar-refractivity contribution in [3.8, 4) is 0 Å². The number of nitrogens with zero attached hydrogens (tertiary/aromatic N) is 1. The van der Waals surface area contributed by atoms with E-state index < -0.39 is 5.24 Å². The number of methoxy groups -OCH3 is 1. The maximum absolute atomic E-state index is 11.4. The Bertz CT molecular complexity index is 232. The topological polar surface area (TPSA) is 46.6 Å². The van der Waals surface area contributed by atoms with Gasteiger partial charge < -0.3 is 9.64 Å². The number of hydrogen-bond acceptors (Lipinski definition) is 3. The van der Waals surface area contributed by atoms with Crippen LogP contribution in [-0.2, 0) is 14.3 Å². The van der Waals surface area contributed by atoms with Gasteiger partial charge in [0.25, 0.3) is 0 Å². The fraction of sp³-hybridized carbons (Fsp3) is 0.778. The Morgan fingerprint density at radius 2 is 2.43 bits per heavy atom. The van der Waals surface area contributed by atoms with Crippen LogP contribution in [0.4, 0.5) is 0 Å². The van der Waals surface area contributed by atoms with Crippen LogP contribution in [0, 0.1) is 5.92 Å². The molecule has 1 aliphatic heterocycles. The molecule has 5 heteroatoms. The molecule has 1 unspecified atom stereocenters. The van der Waals surface area contributed by atoms with Gasteiger partial charge in [-0.1, -0.05) is 0 Å². The van der Waals surface area contributed by atoms with E-state index in [2.05, 4.69) is 0 Å². The molecule has 0 aliphatic carbocycles. The lowest BCUT2D eigenvalue weighted by Crippen LogP contribution is -2.27. The van der Waals surface area contributed by atoms with Crippen LogP contribution in [-0.4, -0.2) is 42.9 Å². The third-order valence-corrected chi connectivity index (χ3v) is 2.62. The monoisotopic (exact) mass is 219 g/mol. The summed E-state index contributed by atoms with van der Waals surface area (Å²) in [5.74, 6) is -0.299. The molecule has 1 amide bonds. The van der Waals surface area contributed by atoms with Crippen LogP contribution < -0.4 is 0 Å². The van der Waals surface area contributed by atoms with Crippen LogP contribution in [0.1, 0.15) is 12.8 Å². The summed E-state index contributed by atoms with van der Waals surface area (Å²) in [7, 11) is 1.62. The molecule has 0 aromatic carbocycles. The maximum Gasteiger partial charge on any atom is 0.227 e. The summed E-state index contributed by atoms with van der Waals surface area (Å²) in [5, 5.41) is -0.410. The van der Waals surface area contributed by atoms with Crippen LogP contribution in [0.25, 0.3) is 0 Å². The van der Waals surface area contributed by atoms with Crippen molar-refractivity contribution in [2.75, 3.05) is 26.8 Å². The van der Waals surface area contributed by atoms with Crippen LogP contribution in [0.3, 0.4) is 0 Å². The van der Waals surface area contributed by atoms with E-state index in [9.17, 15) is 9.59 Å². The van der Waals surface area contributed by atoms with Crippen molar-refractivity contribution in [1.82, 2.24) is 4.90 Å². The molecule has 1 atom stereocenters. The molecule has 1 rings (SSSR count). The molecule has 1 saturated heterocycles. The van der Waals surface area contributed by atoms with Crippen molar-refractivity contribution >= 4 is 22.8 Å². The Labute approximate surface area is 88.2 Å². The zero-order valence-corrected chi connectivity index (χ0v) is 8.92. The highest BCUT2D eigenvalue weighted by molar-refractivity contribution is 6.64. The molecule has 1 fully saturated rings. The van der Waals surface area contributed by atoms with Crippen molar-refractivity contribution in [1.29, 1.82) is 0 Å². The van der Waals surface area contributed by atoms with Crippen molar-refractivity contribution in [3.05, 3.63) is 0 Å². The fourth-order valence-corrected chi connectivity index (χ4v) is 1.69. The molecule has 0 aromatic heterocycles. The van der Waals surface area contributed by atoms with E-state index in [0.29, 0.717) is 19.7 Å². The molecular weight excluding hydrogens is 206 g/mol. The summed E-state index contributed by atoms with van der Waals surface area (Å²) < 4.78 is 4.88. The van der Waals surface area contributed by atoms with Gasteiger partial charge in [0.05, 0.1) is 5.92 Å². The van der Waals surface area contributed by atoms with Gasteiger partial charge in [-0.15, -0.1) is 0 Å². The predicted molar refractivity (Wildman–Crippen MR) is 52.0 cm³/mol. The van der Waals surface area contributed by atoms with Crippen LogP contribution in [0.2, 0.25) is 0 Å². The molecule has 0 spiro atoms. The number of rotatable bonds is 5. The molecule has 0 N–H and O–H groups in total. The second-order valence-corrected chi connectivity index (χ2v) is 3.76.